The van der Waals surface area contributed by atoms with Gasteiger partial charge in [-0.25, -0.2) is 4.98 Å². The first-order chi connectivity index (χ1) is 5.29. The minimum Gasteiger partial charge on any atom is -0.439 e. The van der Waals surface area contributed by atoms with Crippen molar-refractivity contribution in [2.75, 3.05) is 0 Å². The summed E-state index contributed by atoms with van der Waals surface area (Å²) in [4.78, 5) is 3.87. The molecule has 0 bridgehead atoms. The normalized spacial score (nSPS) is 9.36. The van der Waals surface area contributed by atoms with Crippen LogP contribution in [0.2, 0.25) is 0 Å². The summed E-state index contributed by atoms with van der Waals surface area (Å²) in [6.45, 7) is 4.26. The third-order valence-corrected chi connectivity index (χ3v) is 1.14. The van der Waals surface area contributed by atoms with Gasteiger partial charge in [0.2, 0.25) is 0 Å². The second-order valence-corrected chi connectivity index (χ2v) is 2.74. The molecule has 1 rings (SSSR count). The monoisotopic (exact) mass is 149 g/mol. The van der Waals surface area contributed by atoms with Crippen molar-refractivity contribution in [1.29, 1.82) is 0 Å². The molecule has 0 N–H and O–H groups in total. The lowest BCUT2D eigenvalue weighted by molar-refractivity contribution is 0.543. The zero-order valence-corrected chi connectivity index (χ0v) is 6.79. The van der Waals surface area contributed by atoms with E-state index in [0.29, 0.717) is 11.8 Å². The van der Waals surface area contributed by atoms with Crippen molar-refractivity contribution in [1.82, 2.24) is 4.98 Å². The fourth-order valence-electron chi connectivity index (χ4n) is 0.616. The van der Waals surface area contributed by atoms with Crippen LogP contribution in [0.15, 0.2) is 16.9 Å². The number of rotatable bonds is 1. The molecule has 0 aliphatic rings. The highest BCUT2D eigenvalue weighted by molar-refractivity contribution is 5.16. The Morgan fingerprint density at radius 2 is 2.45 bits per heavy atom. The fraction of sp³-hybridized carbons (Fsp3) is 0.444. The van der Waals surface area contributed by atoms with Crippen LogP contribution >= 0.6 is 0 Å². The summed E-state index contributed by atoms with van der Waals surface area (Å²) in [6, 6.07) is 0. The summed E-state index contributed by atoms with van der Waals surface area (Å²) in [5.41, 5.74) is 0. The topological polar surface area (TPSA) is 26.0 Å². The van der Waals surface area contributed by atoms with E-state index in [2.05, 4.69) is 30.7 Å². The van der Waals surface area contributed by atoms with Crippen molar-refractivity contribution >= 4 is 0 Å². The van der Waals surface area contributed by atoms with Crippen LogP contribution in [-0.2, 0) is 0 Å². The van der Waals surface area contributed by atoms with Crippen molar-refractivity contribution < 1.29 is 4.42 Å². The summed E-state index contributed by atoms with van der Waals surface area (Å²) in [6.07, 6.45) is 4.02. The number of aromatic nitrogens is 1. The van der Waals surface area contributed by atoms with Crippen LogP contribution in [0, 0.1) is 17.8 Å². The van der Waals surface area contributed by atoms with Crippen LogP contribution in [0.4, 0.5) is 0 Å². The van der Waals surface area contributed by atoms with Crippen molar-refractivity contribution in [3.05, 3.63) is 18.4 Å². The summed E-state index contributed by atoms with van der Waals surface area (Å²) >= 11 is 0. The molecule has 1 aromatic heterocycles. The second kappa shape index (κ2) is 3.82. The maximum absolute atomic E-state index is 4.93. The maximum atomic E-state index is 4.93. The molecule has 1 heterocycles. The van der Waals surface area contributed by atoms with Crippen molar-refractivity contribution in [3.63, 3.8) is 0 Å². The van der Waals surface area contributed by atoms with Gasteiger partial charge < -0.3 is 4.42 Å². The van der Waals surface area contributed by atoms with E-state index in [1.54, 1.807) is 6.20 Å². The Bertz CT molecular complexity index is 251. The maximum Gasteiger partial charge on any atom is 0.273 e. The van der Waals surface area contributed by atoms with Gasteiger partial charge in [-0.15, -0.1) is 0 Å². The third-order valence-electron chi connectivity index (χ3n) is 1.14. The number of hydrogen-bond acceptors (Lipinski definition) is 2. The van der Waals surface area contributed by atoms with Gasteiger partial charge in [0.25, 0.3) is 5.89 Å². The SMILES string of the molecule is CC(C)CC#Cc1ncco1. The summed E-state index contributed by atoms with van der Waals surface area (Å²) in [7, 11) is 0. The molecule has 0 saturated heterocycles. The predicted octanol–water partition coefficient (Wildman–Crippen LogP) is 2.07. The quantitative estimate of drug-likeness (QED) is 0.571. The highest BCUT2D eigenvalue weighted by Gasteiger charge is 1.89. The van der Waals surface area contributed by atoms with E-state index in [-0.39, 0.29) is 0 Å². The molecule has 0 spiro atoms. The van der Waals surface area contributed by atoms with E-state index in [1.807, 2.05) is 0 Å². The van der Waals surface area contributed by atoms with Crippen LogP contribution in [0.3, 0.4) is 0 Å². The molecule has 1 aromatic rings. The fourth-order valence-corrected chi connectivity index (χ4v) is 0.616. The van der Waals surface area contributed by atoms with E-state index in [1.165, 1.54) is 6.26 Å². The van der Waals surface area contributed by atoms with Gasteiger partial charge in [-0.1, -0.05) is 19.8 Å². The van der Waals surface area contributed by atoms with Gasteiger partial charge in [-0.2, -0.15) is 0 Å². The van der Waals surface area contributed by atoms with Gasteiger partial charge >= 0.3 is 0 Å². The lowest BCUT2D eigenvalue weighted by atomic mass is 10.1. The van der Waals surface area contributed by atoms with E-state index in [0.717, 1.165) is 6.42 Å². The standard InChI is InChI=1S/C9H11NO/c1-8(2)4-3-5-9-10-6-7-11-9/h6-8H,4H2,1-2H3. The average molecular weight is 149 g/mol. The Morgan fingerprint density at radius 3 is 3.00 bits per heavy atom. The Labute approximate surface area is 66.6 Å². The van der Waals surface area contributed by atoms with E-state index < -0.39 is 0 Å². The minimum atomic E-state index is 0.505. The van der Waals surface area contributed by atoms with Gasteiger partial charge in [-0.05, 0) is 11.8 Å². The zero-order chi connectivity index (χ0) is 8.10. The molecular formula is C9H11NO. The van der Waals surface area contributed by atoms with Gasteiger partial charge in [0.05, 0.1) is 6.20 Å². The van der Waals surface area contributed by atoms with Gasteiger partial charge in [0, 0.05) is 6.42 Å². The molecule has 0 saturated carbocycles. The Hall–Kier alpha value is -1.23. The van der Waals surface area contributed by atoms with Gasteiger partial charge in [0.1, 0.15) is 6.26 Å². The number of nitrogens with zero attached hydrogens (tertiary/aromatic N) is 1. The van der Waals surface area contributed by atoms with Crippen LogP contribution in [0.25, 0.3) is 0 Å². The molecule has 0 aliphatic heterocycles. The third kappa shape index (κ3) is 2.90. The molecule has 0 atom stereocenters. The van der Waals surface area contributed by atoms with Crippen molar-refractivity contribution in [2.24, 2.45) is 5.92 Å². The largest absolute Gasteiger partial charge is 0.439 e. The molecule has 2 nitrogen and oxygen atoms in total. The Balaban J connectivity index is 2.46. The lowest BCUT2D eigenvalue weighted by Crippen LogP contribution is -1.81. The molecule has 0 radical (unpaired) electrons. The molecule has 0 aromatic carbocycles. The summed E-state index contributed by atoms with van der Waals surface area (Å²) in [5, 5.41) is 0. The molecule has 0 fully saturated rings. The molecule has 0 amide bonds. The Morgan fingerprint density at radius 1 is 1.64 bits per heavy atom. The first-order valence-electron chi connectivity index (χ1n) is 3.67. The second-order valence-electron chi connectivity index (χ2n) is 2.74. The van der Waals surface area contributed by atoms with E-state index in [4.69, 9.17) is 4.42 Å². The van der Waals surface area contributed by atoms with E-state index in [9.17, 15) is 0 Å². The first-order valence-corrected chi connectivity index (χ1v) is 3.67. The van der Waals surface area contributed by atoms with Crippen LogP contribution < -0.4 is 0 Å². The van der Waals surface area contributed by atoms with Gasteiger partial charge in [0.15, 0.2) is 0 Å². The number of hydrogen-bond donors (Lipinski definition) is 0. The molecule has 58 valence electrons. The summed E-state index contributed by atoms with van der Waals surface area (Å²) in [5.74, 6) is 6.92. The van der Waals surface area contributed by atoms with Crippen molar-refractivity contribution in [2.45, 2.75) is 20.3 Å². The first kappa shape index (κ1) is 7.87. The Kier molecular flexibility index (Phi) is 2.74. The molecule has 2 heteroatoms. The van der Waals surface area contributed by atoms with Crippen LogP contribution in [0.5, 0.6) is 0 Å². The average Bonchev–Trinajstić information content (AvgIpc) is 2.39. The van der Waals surface area contributed by atoms with Crippen molar-refractivity contribution in [3.8, 4) is 11.8 Å². The molecule has 11 heavy (non-hydrogen) atoms. The van der Waals surface area contributed by atoms with E-state index >= 15 is 0 Å². The zero-order valence-electron chi connectivity index (χ0n) is 6.79. The molecule has 0 unspecified atom stereocenters. The minimum absolute atomic E-state index is 0.505. The highest BCUT2D eigenvalue weighted by atomic mass is 16.3. The van der Waals surface area contributed by atoms with Crippen LogP contribution in [0.1, 0.15) is 26.2 Å². The lowest BCUT2D eigenvalue weighted by Gasteiger charge is -1.91. The highest BCUT2D eigenvalue weighted by Crippen LogP contribution is 1.97. The molecular weight excluding hydrogens is 138 g/mol. The molecule has 0 aliphatic carbocycles. The summed E-state index contributed by atoms with van der Waals surface area (Å²) < 4.78 is 4.93. The van der Waals surface area contributed by atoms with Crippen LogP contribution in [-0.4, -0.2) is 4.98 Å². The van der Waals surface area contributed by atoms with Gasteiger partial charge in [-0.3, -0.25) is 0 Å². The number of oxazole rings is 1. The smallest absolute Gasteiger partial charge is 0.273 e. The predicted molar refractivity (Wildman–Crippen MR) is 42.8 cm³/mol.